The summed E-state index contributed by atoms with van der Waals surface area (Å²) in [5, 5.41) is 3.67. The average Bonchev–Trinajstić information content (AvgIpc) is 3.08. The molecule has 8 nitrogen and oxygen atoms in total. The van der Waals surface area contributed by atoms with Crippen molar-refractivity contribution in [2.45, 2.75) is 65.6 Å². The van der Waals surface area contributed by atoms with Crippen LogP contribution in [-0.4, -0.2) is 54.0 Å². The third-order valence-electron chi connectivity index (χ3n) is 6.07. The summed E-state index contributed by atoms with van der Waals surface area (Å²) in [5.41, 5.74) is 3.83. The van der Waals surface area contributed by atoms with Crippen LogP contribution in [0.2, 0.25) is 0 Å². The van der Waals surface area contributed by atoms with Gasteiger partial charge in [0.05, 0.1) is 20.3 Å². The molecular formula is C24H33N3O5. The second-order valence-corrected chi connectivity index (χ2v) is 8.94. The Morgan fingerprint density at radius 3 is 2.47 bits per heavy atom. The molecule has 32 heavy (non-hydrogen) atoms. The van der Waals surface area contributed by atoms with Gasteiger partial charge in [-0.1, -0.05) is 13.8 Å². The number of aryl methyl sites for hydroxylation is 1. The predicted molar refractivity (Wildman–Crippen MR) is 121 cm³/mol. The summed E-state index contributed by atoms with van der Waals surface area (Å²) >= 11 is 0. The van der Waals surface area contributed by atoms with E-state index in [-0.39, 0.29) is 23.8 Å². The van der Waals surface area contributed by atoms with Gasteiger partial charge in [0.1, 0.15) is 17.8 Å². The topological polar surface area (TPSA) is 101 Å². The Hall–Kier alpha value is -3.03. The molecule has 0 spiro atoms. The molecule has 2 amide bonds. The molecule has 2 aromatic rings. The van der Waals surface area contributed by atoms with Crippen LogP contribution in [-0.2, 0) is 25.5 Å². The van der Waals surface area contributed by atoms with Crippen LogP contribution in [0.3, 0.4) is 0 Å². The molecule has 3 rings (SSSR count). The molecular weight excluding hydrogens is 410 g/mol. The minimum absolute atomic E-state index is 0.262. The standard InChI is InChI=1S/C24H33N3O5/c1-12(2)8-19-22-17(16-9-13(3)21(31-6)11-18(16)26-22)10-20(24(30)32-7)27(19)23(29)14(4)25-15(5)28/h9,11-12,14,19-20,26H,8,10H2,1-7H3,(H,25,28). The van der Waals surface area contributed by atoms with Crippen LogP contribution in [0.5, 0.6) is 5.75 Å². The highest BCUT2D eigenvalue weighted by atomic mass is 16.5. The summed E-state index contributed by atoms with van der Waals surface area (Å²) in [6, 6.07) is 2.12. The Kier molecular flexibility index (Phi) is 6.81. The number of hydrogen-bond acceptors (Lipinski definition) is 5. The van der Waals surface area contributed by atoms with Crippen LogP contribution in [0.15, 0.2) is 12.1 Å². The van der Waals surface area contributed by atoms with E-state index < -0.39 is 18.1 Å². The van der Waals surface area contributed by atoms with Gasteiger partial charge in [0.2, 0.25) is 11.8 Å². The number of carbonyl (C=O) groups is 3. The minimum Gasteiger partial charge on any atom is -0.496 e. The smallest absolute Gasteiger partial charge is 0.328 e. The van der Waals surface area contributed by atoms with E-state index in [0.29, 0.717) is 12.8 Å². The Bertz CT molecular complexity index is 1040. The third-order valence-corrected chi connectivity index (χ3v) is 6.07. The molecule has 0 saturated heterocycles. The molecule has 1 aliphatic rings. The summed E-state index contributed by atoms with van der Waals surface area (Å²) < 4.78 is 10.6. The van der Waals surface area contributed by atoms with E-state index in [1.165, 1.54) is 14.0 Å². The van der Waals surface area contributed by atoms with Crippen molar-refractivity contribution in [1.82, 2.24) is 15.2 Å². The number of hydrogen-bond donors (Lipinski definition) is 2. The van der Waals surface area contributed by atoms with Gasteiger partial charge in [0, 0.05) is 36.0 Å². The van der Waals surface area contributed by atoms with Crippen LogP contribution in [0.4, 0.5) is 0 Å². The minimum atomic E-state index is -0.777. The highest BCUT2D eigenvalue weighted by molar-refractivity contribution is 5.93. The van der Waals surface area contributed by atoms with Gasteiger partial charge < -0.3 is 24.7 Å². The highest BCUT2D eigenvalue weighted by Crippen LogP contribution is 2.42. The lowest BCUT2D eigenvalue weighted by atomic mass is 9.86. The zero-order valence-electron chi connectivity index (χ0n) is 19.9. The number of fused-ring (bicyclic) bond motifs is 3. The molecule has 2 N–H and O–H groups in total. The van der Waals surface area contributed by atoms with Gasteiger partial charge in [0.25, 0.3) is 0 Å². The zero-order chi connectivity index (χ0) is 23.7. The molecule has 0 bridgehead atoms. The molecule has 0 saturated carbocycles. The molecule has 8 heteroatoms. The molecule has 3 unspecified atom stereocenters. The Morgan fingerprint density at radius 1 is 1.22 bits per heavy atom. The number of aromatic amines is 1. The number of ether oxygens (including phenoxy) is 2. The fourth-order valence-corrected chi connectivity index (χ4v) is 4.69. The van der Waals surface area contributed by atoms with Gasteiger partial charge in [-0.25, -0.2) is 4.79 Å². The summed E-state index contributed by atoms with van der Waals surface area (Å²) in [4.78, 5) is 43.1. The lowest BCUT2D eigenvalue weighted by Crippen LogP contribution is -2.56. The zero-order valence-corrected chi connectivity index (χ0v) is 19.9. The van der Waals surface area contributed by atoms with Crippen molar-refractivity contribution in [3.63, 3.8) is 0 Å². The maximum absolute atomic E-state index is 13.5. The van der Waals surface area contributed by atoms with Crippen LogP contribution in [0.25, 0.3) is 10.9 Å². The maximum Gasteiger partial charge on any atom is 0.328 e. The summed E-state index contributed by atoms with van der Waals surface area (Å²) in [7, 11) is 2.97. The molecule has 1 aromatic carbocycles. The molecule has 0 radical (unpaired) electrons. The fourth-order valence-electron chi connectivity index (χ4n) is 4.69. The first-order valence-corrected chi connectivity index (χ1v) is 10.9. The lowest BCUT2D eigenvalue weighted by Gasteiger charge is -2.42. The predicted octanol–water partition coefficient (Wildman–Crippen LogP) is 3.02. The Morgan fingerprint density at radius 2 is 1.91 bits per heavy atom. The van der Waals surface area contributed by atoms with E-state index in [0.717, 1.165) is 33.5 Å². The number of nitrogens with one attached hydrogen (secondary N) is 2. The van der Waals surface area contributed by atoms with E-state index in [4.69, 9.17) is 9.47 Å². The van der Waals surface area contributed by atoms with Crippen LogP contribution in [0, 0.1) is 12.8 Å². The van der Waals surface area contributed by atoms with E-state index in [1.54, 1.807) is 18.9 Å². The van der Waals surface area contributed by atoms with Crippen molar-refractivity contribution in [3.05, 3.63) is 29.0 Å². The van der Waals surface area contributed by atoms with E-state index in [9.17, 15) is 14.4 Å². The van der Waals surface area contributed by atoms with Gasteiger partial charge in [0.15, 0.2) is 0 Å². The average molecular weight is 444 g/mol. The number of amides is 2. The number of H-pyrrole nitrogens is 1. The lowest BCUT2D eigenvalue weighted by molar-refractivity contribution is -0.157. The highest BCUT2D eigenvalue weighted by Gasteiger charge is 2.44. The number of carbonyl (C=O) groups excluding carboxylic acids is 3. The van der Waals surface area contributed by atoms with Crippen LogP contribution < -0.4 is 10.1 Å². The molecule has 174 valence electrons. The van der Waals surface area contributed by atoms with Crippen molar-refractivity contribution in [3.8, 4) is 5.75 Å². The summed E-state index contributed by atoms with van der Waals surface area (Å²) in [6.45, 7) is 9.15. The molecule has 1 aromatic heterocycles. The second kappa shape index (κ2) is 9.22. The fraction of sp³-hybridized carbons (Fsp3) is 0.542. The van der Waals surface area contributed by atoms with Gasteiger partial charge >= 0.3 is 5.97 Å². The molecule has 3 atom stereocenters. The van der Waals surface area contributed by atoms with E-state index in [2.05, 4.69) is 30.2 Å². The largest absolute Gasteiger partial charge is 0.496 e. The molecule has 0 aliphatic carbocycles. The SMILES string of the molecule is COC(=O)C1Cc2c([nH]c3cc(OC)c(C)cc23)C(CC(C)C)N1C(=O)C(C)NC(C)=O. The van der Waals surface area contributed by atoms with Crippen LogP contribution >= 0.6 is 0 Å². The summed E-state index contributed by atoms with van der Waals surface area (Å²) in [6.07, 6.45) is 0.989. The van der Waals surface area contributed by atoms with E-state index in [1.807, 2.05) is 13.0 Å². The number of benzene rings is 1. The first kappa shape index (κ1) is 23.6. The Labute approximate surface area is 188 Å². The van der Waals surface area contributed by atoms with Crippen molar-refractivity contribution < 1.29 is 23.9 Å². The molecule has 2 heterocycles. The number of aromatic nitrogens is 1. The van der Waals surface area contributed by atoms with Gasteiger partial charge in [-0.05, 0) is 43.4 Å². The van der Waals surface area contributed by atoms with Gasteiger partial charge in [-0.15, -0.1) is 0 Å². The number of esters is 1. The maximum atomic E-state index is 13.5. The normalized spacial score (nSPS) is 18.9. The van der Waals surface area contributed by atoms with Crippen molar-refractivity contribution in [2.24, 2.45) is 5.92 Å². The first-order valence-electron chi connectivity index (χ1n) is 10.9. The van der Waals surface area contributed by atoms with Crippen molar-refractivity contribution in [2.75, 3.05) is 14.2 Å². The molecule has 0 fully saturated rings. The Balaban J connectivity index is 2.20. The molecule has 1 aliphatic heterocycles. The summed E-state index contributed by atoms with van der Waals surface area (Å²) in [5.74, 6) is -0.0371. The van der Waals surface area contributed by atoms with E-state index >= 15 is 0 Å². The van der Waals surface area contributed by atoms with Gasteiger partial charge in [-0.2, -0.15) is 0 Å². The second-order valence-electron chi connectivity index (χ2n) is 8.94. The van der Waals surface area contributed by atoms with Crippen LogP contribution in [0.1, 0.15) is 57.0 Å². The monoisotopic (exact) mass is 443 g/mol. The van der Waals surface area contributed by atoms with Crippen molar-refractivity contribution >= 4 is 28.7 Å². The quantitative estimate of drug-likeness (QED) is 0.669. The van der Waals surface area contributed by atoms with Crippen molar-refractivity contribution in [1.29, 1.82) is 0 Å². The van der Waals surface area contributed by atoms with Gasteiger partial charge in [-0.3, -0.25) is 9.59 Å². The number of nitrogens with zero attached hydrogens (tertiary/aromatic N) is 1. The first-order chi connectivity index (χ1) is 15.1. The third kappa shape index (κ3) is 4.31. The number of rotatable bonds is 6. The number of methoxy groups -OCH3 is 2.